The lowest BCUT2D eigenvalue weighted by Gasteiger charge is -2.04. The molecule has 0 saturated carbocycles. The summed E-state index contributed by atoms with van der Waals surface area (Å²) in [4.78, 5) is 39.4. The summed E-state index contributed by atoms with van der Waals surface area (Å²) >= 11 is 0. The van der Waals surface area contributed by atoms with Crippen molar-refractivity contribution in [3.8, 4) is 5.75 Å². The van der Waals surface area contributed by atoms with Crippen LogP contribution in [0.4, 0.5) is 0 Å². The van der Waals surface area contributed by atoms with E-state index >= 15 is 0 Å². The second-order valence-corrected chi connectivity index (χ2v) is 6.45. The summed E-state index contributed by atoms with van der Waals surface area (Å²) in [6.07, 6.45) is 4.96. The molecule has 29 heavy (non-hydrogen) atoms. The highest BCUT2D eigenvalue weighted by Crippen LogP contribution is 2.21. The van der Waals surface area contributed by atoms with Gasteiger partial charge in [0.15, 0.2) is 6.54 Å². The molecule has 10 nitrogen and oxygen atoms in total. The van der Waals surface area contributed by atoms with Crippen molar-refractivity contribution in [1.82, 2.24) is 19.5 Å². The fraction of sp³-hybridized carbons (Fsp3) is 0.211. The first kappa shape index (κ1) is 19.8. The molecule has 150 valence electrons. The number of nitrogens with one attached hydrogen (secondary N) is 2. The normalized spacial score (nSPS) is 11.2. The number of fused-ring (bicyclic) bond motifs is 1. The number of amides is 1. The highest BCUT2D eigenvalue weighted by molar-refractivity contribution is 5.85. The first-order valence-electron chi connectivity index (χ1n) is 8.75. The van der Waals surface area contributed by atoms with E-state index in [0.717, 1.165) is 4.57 Å². The number of nitrogens with zero attached hydrogens (tertiary/aromatic N) is 4. The molecule has 0 atom stereocenters. The molecule has 2 aromatic heterocycles. The Morgan fingerprint density at radius 2 is 2.10 bits per heavy atom. The molecule has 0 aliphatic rings. The van der Waals surface area contributed by atoms with Gasteiger partial charge in [-0.1, -0.05) is 18.2 Å². The number of rotatable bonds is 6. The minimum atomic E-state index is -0.510. The number of benzene rings is 1. The van der Waals surface area contributed by atoms with Gasteiger partial charge in [0.05, 0.1) is 6.21 Å². The third-order valence-corrected chi connectivity index (χ3v) is 4.51. The SMILES string of the molecule is C=CCc1cccc(C=NNC(=O)C[n+]2c[nH]c3c2c(=O)n(C)c(=O)n3C)c1O. The lowest BCUT2D eigenvalue weighted by molar-refractivity contribution is -0.659. The summed E-state index contributed by atoms with van der Waals surface area (Å²) in [5.41, 5.74) is 3.05. The highest BCUT2D eigenvalue weighted by atomic mass is 16.3. The van der Waals surface area contributed by atoms with Crippen LogP contribution >= 0.6 is 0 Å². The van der Waals surface area contributed by atoms with E-state index in [-0.39, 0.29) is 17.8 Å². The van der Waals surface area contributed by atoms with Gasteiger partial charge in [-0.2, -0.15) is 5.10 Å². The molecule has 0 fully saturated rings. The second kappa shape index (κ2) is 7.97. The fourth-order valence-electron chi connectivity index (χ4n) is 2.98. The number of H-pyrrole nitrogens is 1. The van der Waals surface area contributed by atoms with Crippen molar-refractivity contribution >= 4 is 23.3 Å². The lowest BCUT2D eigenvalue weighted by Crippen LogP contribution is -2.46. The van der Waals surface area contributed by atoms with Crippen LogP contribution in [0.25, 0.3) is 11.2 Å². The number of hydrogen-bond donors (Lipinski definition) is 3. The number of hydrogen-bond acceptors (Lipinski definition) is 5. The molecule has 0 spiro atoms. The van der Waals surface area contributed by atoms with Gasteiger partial charge in [-0.25, -0.2) is 19.8 Å². The van der Waals surface area contributed by atoms with Crippen LogP contribution in [0.15, 0.2) is 51.9 Å². The Hall–Kier alpha value is -3.95. The van der Waals surface area contributed by atoms with Gasteiger partial charge in [0.25, 0.3) is 17.1 Å². The third-order valence-electron chi connectivity index (χ3n) is 4.51. The topological polar surface area (TPSA) is 125 Å². The van der Waals surface area contributed by atoms with Crippen molar-refractivity contribution in [3.05, 3.63) is 69.1 Å². The monoisotopic (exact) mass is 397 g/mol. The Balaban J connectivity index is 1.78. The molecule has 0 radical (unpaired) electrons. The van der Waals surface area contributed by atoms with E-state index in [2.05, 4.69) is 22.1 Å². The molecular formula is C19H21N6O4+. The van der Waals surface area contributed by atoms with Crippen molar-refractivity contribution in [2.75, 3.05) is 0 Å². The Bertz CT molecular complexity index is 1250. The maximum absolute atomic E-state index is 12.4. The predicted molar refractivity (Wildman–Crippen MR) is 107 cm³/mol. The molecule has 0 unspecified atom stereocenters. The van der Waals surface area contributed by atoms with Crippen LogP contribution in [0, 0.1) is 0 Å². The zero-order valence-corrected chi connectivity index (χ0v) is 16.0. The molecule has 0 aliphatic heterocycles. The number of aryl methyl sites for hydroxylation is 1. The van der Waals surface area contributed by atoms with Gasteiger partial charge in [0, 0.05) is 19.7 Å². The van der Waals surface area contributed by atoms with Crippen LogP contribution in [0.3, 0.4) is 0 Å². The molecule has 0 saturated heterocycles. The molecule has 3 aromatic rings. The average Bonchev–Trinajstić information content (AvgIpc) is 3.11. The summed E-state index contributed by atoms with van der Waals surface area (Å²) in [6, 6.07) is 5.20. The number of phenolic OH excluding ortho intramolecular Hbond substituents is 1. The van der Waals surface area contributed by atoms with E-state index < -0.39 is 17.2 Å². The summed E-state index contributed by atoms with van der Waals surface area (Å²) in [5.74, 6) is -0.411. The number of aromatic amines is 1. The third kappa shape index (κ3) is 3.72. The van der Waals surface area contributed by atoms with Gasteiger partial charge in [0.1, 0.15) is 5.75 Å². The number of allylic oxidation sites excluding steroid dienone is 1. The summed E-state index contributed by atoms with van der Waals surface area (Å²) in [6.45, 7) is 3.45. The van der Waals surface area contributed by atoms with E-state index in [1.165, 1.54) is 35.8 Å². The van der Waals surface area contributed by atoms with E-state index in [1.807, 2.05) is 0 Å². The number of carbonyl (C=O) groups excluding carboxylic acids is 1. The van der Waals surface area contributed by atoms with E-state index in [4.69, 9.17) is 0 Å². The average molecular weight is 397 g/mol. The standard InChI is InChI=1S/C19H20N6O4/c1-4-6-12-7-5-8-13(16(12)27)9-21-22-14(26)10-25-11-20-17-15(25)18(28)24(3)19(29)23(17)2/h4-5,7-9,11H,1,6,10H2,2-3H3,(H2,21,22,26,27)/p+1. The van der Waals surface area contributed by atoms with Crippen LogP contribution in [0.1, 0.15) is 11.1 Å². The highest BCUT2D eigenvalue weighted by Gasteiger charge is 2.21. The van der Waals surface area contributed by atoms with Crippen molar-refractivity contribution in [2.24, 2.45) is 19.2 Å². The molecule has 1 amide bonds. The summed E-state index contributed by atoms with van der Waals surface area (Å²) in [7, 11) is 2.90. The molecule has 10 heteroatoms. The van der Waals surface area contributed by atoms with Crippen LogP contribution in [0.2, 0.25) is 0 Å². The Kier molecular flexibility index (Phi) is 5.44. The van der Waals surface area contributed by atoms with Crippen molar-refractivity contribution in [3.63, 3.8) is 0 Å². The van der Waals surface area contributed by atoms with Crippen molar-refractivity contribution < 1.29 is 14.5 Å². The number of para-hydroxylation sites is 1. The molecule has 3 N–H and O–H groups in total. The number of aromatic nitrogens is 4. The summed E-state index contributed by atoms with van der Waals surface area (Å²) < 4.78 is 3.67. The maximum Gasteiger partial charge on any atom is 0.333 e. The van der Waals surface area contributed by atoms with Crippen LogP contribution in [0.5, 0.6) is 5.75 Å². The summed E-state index contributed by atoms with van der Waals surface area (Å²) in [5, 5.41) is 14.1. The van der Waals surface area contributed by atoms with Gasteiger partial charge in [-0.15, -0.1) is 6.58 Å². The van der Waals surface area contributed by atoms with Crippen molar-refractivity contribution in [2.45, 2.75) is 13.0 Å². The number of aromatic hydroxyl groups is 1. The zero-order valence-electron chi connectivity index (χ0n) is 16.0. The minimum Gasteiger partial charge on any atom is -0.507 e. The van der Waals surface area contributed by atoms with Gasteiger partial charge in [-0.3, -0.25) is 18.7 Å². The van der Waals surface area contributed by atoms with Gasteiger partial charge in [-0.05, 0) is 18.1 Å². The quantitative estimate of drug-likeness (QED) is 0.223. The fourth-order valence-corrected chi connectivity index (χ4v) is 2.98. The van der Waals surface area contributed by atoms with Crippen molar-refractivity contribution in [1.29, 1.82) is 0 Å². The zero-order chi connectivity index (χ0) is 21.1. The van der Waals surface area contributed by atoms with E-state index in [9.17, 15) is 19.5 Å². The number of imidazole rings is 1. The molecular weight excluding hydrogens is 376 g/mol. The first-order valence-corrected chi connectivity index (χ1v) is 8.75. The molecule has 0 bridgehead atoms. The van der Waals surface area contributed by atoms with Crippen LogP contribution in [-0.2, 0) is 31.9 Å². The molecule has 1 aromatic carbocycles. The van der Waals surface area contributed by atoms with Gasteiger partial charge in [0.2, 0.25) is 6.33 Å². The van der Waals surface area contributed by atoms with Gasteiger partial charge < -0.3 is 5.11 Å². The Morgan fingerprint density at radius 3 is 2.83 bits per heavy atom. The van der Waals surface area contributed by atoms with E-state index in [0.29, 0.717) is 23.2 Å². The second-order valence-electron chi connectivity index (χ2n) is 6.45. The largest absolute Gasteiger partial charge is 0.507 e. The Labute approximate surface area is 165 Å². The van der Waals surface area contributed by atoms with Crippen LogP contribution in [-0.4, -0.2) is 31.3 Å². The molecule has 2 heterocycles. The van der Waals surface area contributed by atoms with E-state index in [1.54, 1.807) is 24.3 Å². The molecule has 0 aliphatic carbocycles. The predicted octanol–water partition coefficient (Wildman–Crippen LogP) is -0.563. The first-order chi connectivity index (χ1) is 13.8. The minimum absolute atomic E-state index is 0.0702. The lowest BCUT2D eigenvalue weighted by atomic mass is 10.1. The Morgan fingerprint density at radius 1 is 1.34 bits per heavy atom. The number of carbonyl (C=O) groups is 1. The van der Waals surface area contributed by atoms with Crippen LogP contribution < -0.4 is 21.2 Å². The van der Waals surface area contributed by atoms with Gasteiger partial charge >= 0.3 is 11.2 Å². The smallest absolute Gasteiger partial charge is 0.333 e. The number of hydrazone groups is 1. The number of phenols is 1. The molecule has 3 rings (SSSR count). The maximum atomic E-state index is 12.4.